The zero-order chi connectivity index (χ0) is 63.7. The van der Waals surface area contributed by atoms with Gasteiger partial charge in [-0.15, -0.1) is 4.89 Å². The van der Waals surface area contributed by atoms with Crippen molar-refractivity contribution in [2.75, 3.05) is 46.7 Å². The first-order chi connectivity index (χ1) is 33.8. The molecule has 3 heterocycles. The van der Waals surface area contributed by atoms with Crippen LogP contribution in [0.25, 0.3) is 9.30 Å². The largest absolute Gasteiger partial charge is 1.00 e. The van der Waals surface area contributed by atoms with Crippen LogP contribution in [0.3, 0.4) is 0 Å². The zero-order valence-corrected chi connectivity index (χ0v) is 72.0. The van der Waals surface area contributed by atoms with Gasteiger partial charge in [0.2, 0.25) is 12.4 Å². The molecule has 0 saturated carbocycles. The average molecular weight is 1470 g/mol. The van der Waals surface area contributed by atoms with Crippen LogP contribution >= 0.6 is 36.5 Å². The Bertz CT molecular complexity index is 1200. The Labute approximate surface area is 663 Å². The van der Waals surface area contributed by atoms with Crippen molar-refractivity contribution in [1.29, 1.82) is 16.1 Å². The van der Waals surface area contributed by atoms with Crippen molar-refractivity contribution in [3.05, 3.63) is 21.8 Å². The van der Waals surface area contributed by atoms with E-state index in [-0.39, 0.29) is 213 Å². The molecular weight excluding hydrogens is 1370 g/mol. The second-order valence-electron chi connectivity index (χ2n) is 18.7. The molecule has 0 aromatic heterocycles. The summed E-state index contributed by atoms with van der Waals surface area (Å²) in [7, 11) is -14.8. The van der Waals surface area contributed by atoms with Crippen molar-refractivity contribution in [3.63, 3.8) is 0 Å². The van der Waals surface area contributed by atoms with Crippen LogP contribution < -0.4 is 251 Å². The molecule has 3 aliphatic rings. The van der Waals surface area contributed by atoms with Crippen molar-refractivity contribution < 1.29 is 276 Å². The molecule has 3 saturated heterocycles. The van der Waals surface area contributed by atoms with Gasteiger partial charge in [0.05, 0.1) is 0 Å². The number of alkyl halides is 2. The molecule has 0 bridgehead atoms. The Morgan fingerprint density at radius 2 is 0.765 bits per heavy atom. The summed E-state index contributed by atoms with van der Waals surface area (Å²) in [6, 6.07) is 0. The molecule has 1 atom stereocenters. The molecule has 474 valence electrons. The monoisotopic (exact) mass is 1470 g/mol. The second-order valence-corrected chi connectivity index (χ2v) is 45.2. The van der Waals surface area contributed by atoms with Gasteiger partial charge in [0, 0.05) is 46.2 Å². The number of nitrogens with two attached hydrogens (primary N) is 7. The summed E-state index contributed by atoms with van der Waals surface area (Å²) in [6.45, 7) is 45.7. The number of nitriles is 1. The minimum atomic E-state index is -4.01. The van der Waals surface area contributed by atoms with Crippen LogP contribution in [0.15, 0.2) is 17.3 Å². The maximum Gasteiger partial charge on any atom is 1.00 e. The molecule has 18 nitrogen and oxygen atoms in total. The summed E-state index contributed by atoms with van der Waals surface area (Å²) in [5, 5.41) is 25.4. The molecule has 17 N–H and O–H groups in total. The van der Waals surface area contributed by atoms with Crippen molar-refractivity contribution >= 4 is 96.0 Å². The SMILES string of the molecule is C.C#N.C1CCOC1.C1CCOC1.C1CCOC1.C=C(F)N(F)P(F)F.CNC(N)F.C[Si](C)(C)N.C[Si](C)(C)[N-][Si](C)(C)C.C[Si](C)(C)[N-][Si](C)(C)C.FP(F)Cl.N=C(N)F.N=C(N)F.NC(F)=NP(F)F.NC(N)F.[K+].[K+].[K+].[K+]. The van der Waals surface area contributed by atoms with Gasteiger partial charge >= 0.3 is 231 Å². The average Bonchev–Trinajstić information content (AvgIpc) is 3.99. The van der Waals surface area contributed by atoms with E-state index in [4.69, 9.17) is 45.0 Å². The van der Waals surface area contributed by atoms with Gasteiger partial charge in [0.1, 0.15) is 8.24 Å². The van der Waals surface area contributed by atoms with E-state index in [0.29, 0.717) is 0 Å². The molecular formula is C37H98ClF13K4N15O3P3Si5+2. The molecule has 0 aromatic rings. The van der Waals surface area contributed by atoms with Crippen molar-refractivity contribution in [2.45, 2.75) is 157 Å². The maximum absolute atomic E-state index is 11.3. The van der Waals surface area contributed by atoms with Crippen LogP contribution in [0, 0.1) is 22.7 Å². The van der Waals surface area contributed by atoms with E-state index < -0.39 is 108 Å². The maximum atomic E-state index is 11.3. The minimum Gasteiger partial charge on any atom is -0.668 e. The third kappa shape index (κ3) is 276. The molecule has 44 heteroatoms. The zero-order valence-electron chi connectivity index (χ0n) is 51.1. The van der Waals surface area contributed by atoms with E-state index in [1.165, 1.54) is 45.6 Å². The fourth-order valence-corrected chi connectivity index (χ4v) is 20.1. The molecule has 81 heavy (non-hydrogen) atoms. The molecule has 0 aliphatic carbocycles. The first-order valence-corrected chi connectivity index (χ1v) is 43.6. The van der Waals surface area contributed by atoms with E-state index in [9.17, 15) is 56.0 Å². The van der Waals surface area contributed by atoms with Crippen LogP contribution in [0.5, 0.6) is 0 Å². The standard InChI is InChI=1S/2C6H18NSi2.3C4H8O.C3H11NSi.C2H2F4NP.C2H7FN2.CH2F3N2P.CH5FN2.2CH3FN2.CHN.CH4.ClF2P.4K/c2*1-8(2,3)7-9(4,5)6;3*1-2-4-5-3-1;1-5(2,3)4;1-2(3)7(4)8(5)6;1-5-2(3)4;2-1(5)6-7(3)4;3*2-1(3)4;1-2;;1-4(2)3;;;;/h2*1-6H3;3*1-4H2;4H2,1-3H3;1H2;2,5H,4H2,1H3;(H2,5,6);1H,3-4H2;2*(H3,3,4);1H;1H4;;;;;/q2*-1;;;;;;;;;;;;;;4*+1. The van der Waals surface area contributed by atoms with Gasteiger partial charge in [-0.3, -0.25) is 33.3 Å². The summed E-state index contributed by atoms with van der Waals surface area (Å²) in [5.74, 6) is -1.76. The number of hydrogen-bond acceptors (Lipinski definition) is 13. The van der Waals surface area contributed by atoms with E-state index in [1.54, 1.807) is 0 Å². The normalized spacial score (nSPS) is 12.8. The van der Waals surface area contributed by atoms with Gasteiger partial charge < -0.3 is 46.1 Å². The Hall–Kier alpha value is 5.34. The van der Waals surface area contributed by atoms with Crippen molar-refractivity contribution in [3.8, 4) is 6.57 Å². The van der Waals surface area contributed by atoms with Gasteiger partial charge in [-0.1, -0.05) is 143 Å². The third-order valence-corrected chi connectivity index (χ3v) is 16.2. The quantitative estimate of drug-likeness (QED) is 0.0245. The van der Waals surface area contributed by atoms with Gasteiger partial charge in [0.25, 0.3) is 18.3 Å². The summed E-state index contributed by atoms with van der Waals surface area (Å²) >= 11 is 4.01. The van der Waals surface area contributed by atoms with Crippen LogP contribution in [0.2, 0.25) is 98.2 Å². The van der Waals surface area contributed by atoms with Gasteiger partial charge in [-0.25, -0.2) is 14.0 Å². The molecule has 3 rings (SSSR count). The number of rotatable bonds is 8. The molecule has 0 aromatic carbocycles. The predicted molar refractivity (Wildman–Crippen MR) is 318 cm³/mol. The number of ether oxygens (including phenoxy) is 3. The third-order valence-electron chi connectivity index (χ3n) is 4.60. The molecule has 3 aliphatic heterocycles. The molecule has 0 spiro atoms. The van der Waals surface area contributed by atoms with Crippen LogP contribution in [0.1, 0.15) is 46.0 Å². The summed E-state index contributed by atoms with van der Waals surface area (Å²) in [5.41, 5.74) is 25.1. The molecule has 1 unspecified atom stereocenters. The fourth-order valence-electron chi connectivity index (χ4n) is 3.70. The van der Waals surface area contributed by atoms with Crippen molar-refractivity contribution in [2.24, 2.45) is 44.6 Å². The summed E-state index contributed by atoms with van der Waals surface area (Å²) in [4.78, 5) is -1.30. The van der Waals surface area contributed by atoms with Gasteiger partial charge in [-0.2, -0.15) is 47.5 Å². The Morgan fingerprint density at radius 3 is 0.778 bits per heavy atom. The Balaban J connectivity index is -0.0000000404. The Morgan fingerprint density at radius 1 is 0.617 bits per heavy atom. The van der Waals surface area contributed by atoms with E-state index in [0.717, 1.165) is 39.6 Å². The number of halogens is 14. The molecule has 0 radical (unpaired) electrons. The van der Waals surface area contributed by atoms with Gasteiger partial charge in [0.15, 0.2) is 6.42 Å². The van der Waals surface area contributed by atoms with Crippen molar-refractivity contribution in [1.82, 2.24) is 10.2 Å². The van der Waals surface area contributed by atoms with Crippen LogP contribution in [-0.2, 0) is 14.2 Å². The topological polar surface area (TPSA) is 337 Å². The second kappa shape index (κ2) is 85.3. The van der Waals surface area contributed by atoms with Crippen LogP contribution in [0.4, 0.5) is 56.0 Å². The predicted octanol–water partition coefficient (Wildman–Crippen LogP) is 2.90. The summed E-state index contributed by atoms with van der Waals surface area (Å²) < 4.78 is 166. The van der Waals surface area contributed by atoms with E-state index >= 15 is 0 Å². The number of hydrogen-bond donors (Lipinski definition) is 10. The van der Waals surface area contributed by atoms with E-state index in [2.05, 4.69) is 162 Å². The fraction of sp³-hybridized carbons (Fsp3) is 0.838. The minimum absolute atomic E-state index is 0. The smallest absolute Gasteiger partial charge is 0.668 e. The van der Waals surface area contributed by atoms with Gasteiger partial charge in [-0.05, 0) is 63.4 Å². The summed E-state index contributed by atoms with van der Waals surface area (Å²) in [6.07, 6.45) is 0.408. The first kappa shape index (κ1) is 127. The number of amidine groups is 3. The number of nitrogens with one attached hydrogen (secondary N) is 3. The molecule has 0 amide bonds. The van der Waals surface area contributed by atoms with E-state index in [1.807, 2.05) is 4.76 Å². The molecule has 3 fully saturated rings. The Kier molecular flexibility index (Phi) is 134. The number of nitrogens with zero attached hydrogens (tertiary/aromatic N) is 5. The van der Waals surface area contributed by atoms with Crippen LogP contribution in [-0.4, -0.2) is 124 Å². The first-order valence-electron chi connectivity index (χ1n) is 22.1.